The van der Waals surface area contributed by atoms with Crippen LogP contribution in [-0.2, 0) is 6.54 Å². The first-order valence-corrected chi connectivity index (χ1v) is 7.43. The van der Waals surface area contributed by atoms with Crippen LogP contribution in [0.1, 0.15) is 52.7 Å². The normalized spacial score (nSPS) is 11.8. The molecule has 0 unspecified atom stereocenters. The van der Waals surface area contributed by atoms with Crippen molar-refractivity contribution in [3.63, 3.8) is 0 Å². The number of quaternary nitrogens is 1. The Morgan fingerprint density at radius 1 is 1.00 bits per heavy atom. The van der Waals surface area contributed by atoms with E-state index >= 15 is 0 Å². The topological polar surface area (TPSA) is 0 Å². The zero-order valence-electron chi connectivity index (χ0n) is 13.9. The average Bonchev–Trinajstić information content (AvgIpc) is 2.34. The van der Waals surface area contributed by atoms with Gasteiger partial charge in [0.05, 0.1) is 18.1 Å². The predicted octanol–water partition coefficient (Wildman–Crippen LogP) is 1.88. The highest BCUT2D eigenvalue weighted by atomic mass is 35.5. The van der Waals surface area contributed by atoms with Crippen LogP contribution in [0.2, 0.25) is 0 Å². The van der Waals surface area contributed by atoms with Crippen molar-refractivity contribution in [3.8, 4) is 0 Å². The summed E-state index contributed by atoms with van der Waals surface area (Å²) >= 11 is 0. The molecule has 0 fully saturated rings. The van der Waals surface area contributed by atoms with Crippen molar-refractivity contribution in [2.45, 2.75) is 66.2 Å². The van der Waals surface area contributed by atoms with Gasteiger partial charge < -0.3 is 16.9 Å². The lowest BCUT2D eigenvalue weighted by Crippen LogP contribution is -3.00. The van der Waals surface area contributed by atoms with E-state index in [0.717, 1.165) is 11.0 Å². The van der Waals surface area contributed by atoms with Crippen molar-refractivity contribution >= 4 is 6.08 Å². The third-order valence-corrected chi connectivity index (χ3v) is 4.53. The maximum atomic E-state index is 3.87. The molecule has 0 aliphatic carbocycles. The molecule has 1 nitrogen and oxygen atoms in total. The number of hydrogen-bond acceptors (Lipinski definition) is 0. The molecule has 0 bridgehead atoms. The van der Waals surface area contributed by atoms with Gasteiger partial charge in [-0.2, -0.15) is 0 Å². The summed E-state index contributed by atoms with van der Waals surface area (Å²) in [5.74, 6) is 0. The summed E-state index contributed by atoms with van der Waals surface area (Å²) in [5, 5.41) is 0. The molecule has 1 rings (SSSR count). The van der Waals surface area contributed by atoms with E-state index in [9.17, 15) is 0 Å². The summed E-state index contributed by atoms with van der Waals surface area (Å²) in [4.78, 5) is 0. The van der Waals surface area contributed by atoms with Crippen LogP contribution in [0.25, 0.3) is 6.08 Å². The molecule has 114 valence electrons. The van der Waals surface area contributed by atoms with Gasteiger partial charge in [0.15, 0.2) is 0 Å². The maximum Gasteiger partial charge on any atom is 0.105 e. The van der Waals surface area contributed by atoms with E-state index < -0.39 is 0 Å². The Morgan fingerprint density at radius 3 is 1.90 bits per heavy atom. The molecule has 0 radical (unpaired) electrons. The van der Waals surface area contributed by atoms with Crippen molar-refractivity contribution in [3.05, 3.63) is 42.0 Å². The van der Waals surface area contributed by atoms with Crippen LogP contribution in [-0.4, -0.2) is 22.6 Å². The molecule has 0 heterocycles. The van der Waals surface area contributed by atoms with Gasteiger partial charge in [0.1, 0.15) is 6.54 Å². The Kier molecular flexibility index (Phi) is 7.54. The maximum absolute atomic E-state index is 3.87. The SMILES string of the molecule is C=Cc1cccc(C[N+](C(C)C)(C(C)C)C(C)C)c1.[Cl-]. The first-order chi connectivity index (χ1) is 8.84. The fourth-order valence-electron chi connectivity index (χ4n) is 3.47. The van der Waals surface area contributed by atoms with Crippen LogP contribution >= 0.6 is 0 Å². The molecule has 0 aliphatic rings. The van der Waals surface area contributed by atoms with Gasteiger partial charge in [-0.3, -0.25) is 0 Å². The van der Waals surface area contributed by atoms with Gasteiger partial charge in [-0.15, -0.1) is 0 Å². The van der Waals surface area contributed by atoms with Crippen molar-refractivity contribution in [1.29, 1.82) is 0 Å². The Balaban J connectivity index is 0.00000361. The molecule has 0 aromatic heterocycles. The van der Waals surface area contributed by atoms with E-state index in [1.807, 2.05) is 6.08 Å². The molecule has 0 saturated carbocycles. The molecule has 0 spiro atoms. The quantitative estimate of drug-likeness (QED) is 0.703. The standard InChI is InChI=1S/C18H30N.ClH/c1-8-17-10-9-11-18(12-17)13-19(14(2)3,15(4)5)16(6)7;/h8-12,14-16H,1,13H2,2-7H3;1H/q+1;/p-1. The number of benzene rings is 1. The third kappa shape index (κ3) is 3.86. The molecule has 1 aromatic carbocycles. The smallest absolute Gasteiger partial charge is 0.105 e. The van der Waals surface area contributed by atoms with Gasteiger partial charge >= 0.3 is 0 Å². The molecule has 20 heavy (non-hydrogen) atoms. The minimum Gasteiger partial charge on any atom is -1.00 e. The molecule has 0 atom stereocenters. The molecule has 0 aliphatic heterocycles. The number of halogens is 1. The average molecular weight is 296 g/mol. The zero-order chi connectivity index (χ0) is 14.6. The van der Waals surface area contributed by atoms with Crippen LogP contribution < -0.4 is 12.4 Å². The van der Waals surface area contributed by atoms with E-state index in [2.05, 4.69) is 72.4 Å². The van der Waals surface area contributed by atoms with E-state index in [-0.39, 0.29) is 12.4 Å². The molecular weight excluding hydrogens is 266 g/mol. The molecule has 2 heteroatoms. The predicted molar refractivity (Wildman–Crippen MR) is 85.9 cm³/mol. The largest absolute Gasteiger partial charge is 1.00 e. The fourth-order valence-corrected chi connectivity index (χ4v) is 3.47. The van der Waals surface area contributed by atoms with Gasteiger partial charge in [0, 0.05) is 5.56 Å². The van der Waals surface area contributed by atoms with E-state index in [4.69, 9.17) is 0 Å². The summed E-state index contributed by atoms with van der Waals surface area (Å²) < 4.78 is 1.13. The minimum atomic E-state index is 0. The van der Waals surface area contributed by atoms with Gasteiger partial charge in [0.2, 0.25) is 0 Å². The van der Waals surface area contributed by atoms with Crippen molar-refractivity contribution in [1.82, 2.24) is 0 Å². The summed E-state index contributed by atoms with van der Waals surface area (Å²) in [6.45, 7) is 19.0. The van der Waals surface area contributed by atoms with Crippen molar-refractivity contribution < 1.29 is 16.9 Å². The number of hydrogen-bond donors (Lipinski definition) is 0. The Morgan fingerprint density at radius 2 is 1.50 bits per heavy atom. The van der Waals surface area contributed by atoms with Crippen LogP contribution in [0, 0.1) is 0 Å². The highest BCUT2D eigenvalue weighted by molar-refractivity contribution is 5.47. The van der Waals surface area contributed by atoms with Crippen LogP contribution in [0.15, 0.2) is 30.8 Å². The summed E-state index contributed by atoms with van der Waals surface area (Å²) in [5.41, 5.74) is 2.63. The molecule has 1 aromatic rings. The summed E-state index contributed by atoms with van der Waals surface area (Å²) in [6.07, 6.45) is 1.93. The third-order valence-electron chi connectivity index (χ3n) is 4.53. The number of nitrogens with zero attached hydrogens (tertiary/aromatic N) is 1. The first kappa shape index (κ1) is 19.2. The Labute approximate surface area is 131 Å². The van der Waals surface area contributed by atoms with Crippen LogP contribution in [0.3, 0.4) is 0 Å². The zero-order valence-corrected chi connectivity index (χ0v) is 14.6. The lowest BCUT2D eigenvalue weighted by molar-refractivity contribution is -0.997. The second kappa shape index (κ2) is 7.85. The van der Waals surface area contributed by atoms with Crippen molar-refractivity contribution in [2.75, 3.05) is 0 Å². The lowest BCUT2D eigenvalue weighted by Gasteiger charge is -2.49. The number of rotatable bonds is 6. The fraction of sp³-hybridized carbons (Fsp3) is 0.556. The molecule has 0 N–H and O–H groups in total. The minimum absolute atomic E-state index is 0. The van der Waals surface area contributed by atoms with Gasteiger partial charge in [-0.25, -0.2) is 0 Å². The first-order valence-electron chi connectivity index (χ1n) is 7.43. The highest BCUT2D eigenvalue weighted by Gasteiger charge is 2.37. The summed E-state index contributed by atoms with van der Waals surface area (Å²) in [7, 11) is 0. The van der Waals surface area contributed by atoms with E-state index in [1.54, 1.807) is 0 Å². The lowest BCUT2D eigenvalue weighted by atomic mass is 10.0. The molecule has 0 saturated heterocycles. The molecule has 0 amide bonds. The van der Waals surface area contributed by atoms with E-state index in [1.165, 1.54) is 11.1 Å². The Hall–Kier alpha value is -0.790. The summed E-state index contributed by atoms with van der Waals surface area (Å²) in [6, 6.07) is 10.6. The Bertz CT molecular complexity index is 399. The van der Waals surface area contributed by atoms with Crippen molar-refractivity contribution in [2.24, 2.45) is 0 Å². The second-order valence-electron chi connectivity index (χ2n) is 6.38. The van der Waals surface area contributed by atoms with Crippen LogP contribution in [0.5, 0.6) is 0 Å². The second-order valence-corrected chi connectivity index (χ2v) is 6.38. The highest BCUT2D eigenvalue weighted by Crippen LogP contribution is 2.28. The van der Waals surface area contributed by atoms with Gasteiger partial charge in [0.25, 0.3) is 0 Å². The monoisotopic (exact) mass is 295 g/mol. The van der Waals surface area contributed by atoms with E-state index in [0.29, 0.717) is 18.1 Å². The van der Waals surface area contributed by atoms with Gasteiger partial charge in [-0.1, -0.05) is 30.9 Å². The van der Waals surface area contributed by atoms with Crippen LogP contribution in [0.4, 0.5) is 0 Å². The molecular formula is C18H30ClN. The van der Waals surface area contributed by atoms with Gasteiger partial charge in [-0.05, 0) is 53.2 Å².